The van der Waals surface area contributed by atoms with E-state index in [-0.39, 0.29) is 11.7 Å². The first-order valence-electron chi connectivity index (χ1n) is 4.96. The third kappa shape index (κ3) is 6.24. The summed E-state index contributed by atoms with van der Waals surface area (Å²) in [5.74, 6) is 0. The fourth-order valence-corrected chi connectivity index (χ4v) is 2.00. The van der Waals surface area contributed by atoms with Gasteiger partial charge in [0, 0.05) is 12.0 Å². The van der Waals surface area contributed by atoms with E-state index in [9.17, 15) is 0 Å². The molecule has 2 nitrogen and oxygen atoms in total. The maximum absolute atomic E-state index is 5.96. The molecule has 0 aromatic carbocycles. The highest BCUT2D eigenvalue weighted by molar-refractivity contribution is 6.69. The second kappa shape index (κ2) is 4.58. The molecule has 0 saturated carbocycles. The minimum absolute atomic E-state index is 0.0656. The zero-order valence-corrected chi connectivity index (χ0v) is 11.1. The summed E-state index contributed by atoms with van der Waals surface area (Å²) in [6.45, 7) is 15.7. The number of hydrogen-bond donors (Lipinski definition) is 0. The zero-order valence-electron chi connectivity index (χ0n) is 10.1. The summed E-state index contributed by atoms with van der Waals surface area (Å²) in [6, 6.07) is 0. The fraction of sp³-hybridized carbons (Fsp3) is 1.00. The first-order valence-corrected chi connectivity index (χ1v) is 8.37. The van der Waals surface area contributed by atoms with Gasteiger partial charge in [-0.1, -0.05) is 20.8 Å². The molecule has 80 valence electrons. The van der Waals surface area contributed by atoms with Gasteiger partial charge in [0.2, 0.25) is 0 Å². The normalized spacial score (nSPS) is 15.9. The highest BCUT2D eigenvalue weighted by atomic mass is 28.4. The Morgan fingerprint density at radius 1 is 1.15 bits per heavy atom. The smallest absolute Gasteiger partial charge is 0.187 e. The Balaban J connectivity index is 4.27. The first kappa shape index (κ1) is 13.1. The van der Waals surface area contributed by atoms with Crippen LogP contribution in [0, 0.1) is 5.41 Å². The summed E-state index contributed by atoms with van der Waals surface area (Å²) in [7, 11) is -1.49. The summed E-state index contributed by atoms with van der Waals surface area (Å²) in [5.41, 5.74) is 0.0658. The lowest BCUT2D eigenvalue weighted by molar-refractivity contribution is -0.142. The first-order chi connectivity index (χ1) is 5.67. The zero-order chi connectivity index (χ0) is 10.7. The molecule has 0 radical (unpaired) electrons. The van der Waals surface area contributed by atoms with Gasteiger partial charge in [-0.25, -0.2) is 0 Å². The minimum Gasteiger partial charge on any atom is -0.393 e. The standard InChI is InChI=1S/C10H24O2Si/c1-8-11-9(10(2,3)4)12-13(5,6)7/h9H,8H2,1-7H3. The molecule has 0 aromatic heterocycles. The molecule has 0 heterocycles. The summed E-state index contributed by atoms with van der Waals surface area (Å²) in [5, 5.41) is 0. The van der Waals surface area contributed by atoms with Crippen molar-refractivity contribution in [3.63, 3.8) is 0 Å². The van der Waals surface area contributed by atoms with Crippen molar-refractivity contribution in [2.75, 3.05) is 6.61 Å². The van der Waals surface area contributed by atoms with Gasteiger partial charge in [0.25, 0.3) is 0 Å². The van der Waals surface area contributed by atoms with Crippen molar-refractivity contribution in [3.8, 4) is 0 Å². The lowest BCUT2D eigenvalue weighted by Gasteiger charge is -2.35. The van der Waals surface area contributed by atoms with E-state index in [1.165, 1.54) is 0 Å². The van der Waals surface area contributed by atoms with Crippen molar-refractivity contribution < 1.29 is 9.16 Å². The lowest BCUT2D eigenvalue weighted by Crippen LogP contribution is -2.41. The molecule has 0 amide bonds. The molecule has 0 aliphatic rings. The van der Waals surface area contributed by atoms with Crippen LogP contribution in [0.25, 0.3) is 0 Å². The van der Waals surface area contributed by atoms with E-state index in [4.69, 9.17) is 9.16 Å². The summed E-state index contributed by atoms with van der Waals surface area (Å²) in [6.07, 6.45) is -0.0656. The fourth-order valence-electron chi connectivity index (χ4n) is 0.933. The highest BCUT2D eigenvalue weighted by Crippen LogP contribution is 2.26. The second-order valence-electron chi connectivity index (χ2n) is 5.38. The Morgan fingerprint density at radius 2 is 1.62 bits per heavy atom. The van der Waals surface area contributed by atoms with E-state index in [0.717, 1.165) is 0 Å². The van der Waals surface area contributed by atoms with Gasteiger partial charge in [-0.3, -0.25) is 0 Å². The van der Waals surface area contributed by atoms with Gasteiger partial charge in [0.1, 0.15) is 0 Å². The molecular weight excluding hydrogens is 180 g/mol. The van der Waals surface area contributed by atoms with Gasteiger partial charge >= 0.3 is 0 Å². The van der Waals surface area contributed by atoms with Crippen molar-refractivity contribution in [2.45, 2.75) is 53.6 Å². The predicted octanol–water partition coefficient (Wildman–Crippen LogP) is 3.25. The molecule has 13 heavy (non-hydrogen) atoms. The van der Waals surface area contributed by atoms with Crippen molar-refractivity contribution in [1.82, 2.24) is 0 Å². The van der Waals surface area contributed by atoms with E-state index in [0.29, 0.717) is 6.61 Å². The van der Waals surface area contributed by atoms with E-state index in [1.54, 1.807) is 0 Å². The van der Waals surface area contributed by atoms with Crippen LogP contribution in [0.2, 0.25) is 19.6 Å². The van der Waals surface area contributed by atoms with Gasteiger partial charge in [0.05, 0.1) is 0 Å². The molecule has 0 fully saturated rings. The largest absolute Gasteiger partial charge is 0.393 e. The van der Waals surface area contributed by atoms with Crippen molar-refractivity contribution in [2.24, 2.45) is 5.41 Å². The molecule has 0 rings (SSSR count). The molecule has 0 saturated heterocycles. The highest BCUT2D eigenvalue weighted by Gasteiger charge is 2.30. The second-order valence-corrected chi connectivity index (χ2v) is 9.84. The van der Waals surface area contributed by atoms with Gasteiger partial charge < -0.3 is 9.16 Å². The van der Waals surface area contributed by atoms with Crippen LogP contribution < -0.4 is 0 Å². The molecule has 0 aliphatic carbocycles. The Hall–Kier alpha value is 0.137. The van der Waals surface area contributed by atoms with Gasteiger partial charge in [-0.05, 0) is 26.6 Å². The minimum atomic E-state index is -1.49. The maximum Gasteiger partial charge on any atom is 0.187 e. The van der Waals surface area contributed by atoms with Crippen LogP contribution >= 0.6 is 0 Å². The molecule has 1 unspecified atom stereocenters. The van der Waals surface area contributed by atoms with Crippen LogP contribution in [0.4, 0.5) is 0 Å². The molecule has 0 spiro atoms. The molecule has 0 bridgehead atoms. The number of hydrogen-bond acceptors (Lipinski definition) is 2. The van der Waals surface area contributed by atoms with Gasteiger partial charge in [-0.15, -0.1) is 0 Å². The van der Waals surface area contributed by atoms with E-state index >= 15 is 0 Å². The average Bonchev–Trinajstić information content (AvgIpc) is 1.81. The SMILES string of the molecule is CCOC(O[Si](C)(C)C)C(C)(C)C. The lowest BCUT2D eigenvalue weighted by atomic mass is 9.96. The Labute approximate surface area is 83.8 Å². The van der Waals surface area contributed by atoms with Crippen LogP contribution in [0.3, 0.4) is 0 Å². The summed E-state index contributed by atoms with van der Waals surface area (Å²) in [4.78, 5) is 0. The molecule has 1 atom stereocenters. The van der Waals surface area contributed by atoms with Crippen molar-refractivity contribution in [3.05, 3.63) is 0 Å². The van der Waals surface area contributed by atoms with E-state index < -0.39 is 8.32 Å². The molecule has 0 aliphatic heterocycles. The van der Waals surface area contributed by atoms with Crippen LogP contribution in [0.1, 0.15) is 27.7 Å². The molecular formula is C10H24O2Si. The average molecular weight is 204 g/mol. The van der Waals surface area contributed by atoms with Crippen LogP contribution in [0.5, 0.6) is 0 Å². The Morgan fingerprint density at radius 3 is 1.85 bits per heavy atom. The number of ether oxygens (including phenoxy) is 1. The van der Waals surface area contributed by atoms with E-state index in [1.807, 2.05) is 6.92 Å². The predicted molar refractivity (Wildman–Crippen MR) is 59.3 cm³/mol. The monoisotopic (exact) mass is 204 g/mol. The Kier molecular flexibility index (Phi) is 4.62. The summed E-state index contributed by atoms with van der Waals surface area (Å²) < 4.78 is 11.6. The van der Waals surface area contributed by atoms with Crippen molar-refractivity contribution in [1.29, 1.82) is 0 Å². The number of rotatable bonds is 4. The van der Waals surface area contributed by atoms with Crippen LogP contribution in [0.15, 0.2) is 0 Å². The quantitative estimate of drug-likeness (QED) is 0.517. The topological polar surface area (TPSA) is 18.5 Å². The van der Waals surface area contributed by atoms with Gasteiger partial charge in [0.15, 0.2) is 14.6 Å². The van der Waals surface area contributed by atoms with Crippen molar-refractivity contribution >= 4 is 8.32 Å². The van der Waals surface area contributed by atoms with Crippen LogP contribution in [-0.4, -0.2) is 21.2 Å². The molecule has 0 N–H and O–H groups in total. The Bertz CT molecular complexity index is 144. The maximum atomic E-state index is 5.96. The molecule has 3 heteroatoms. The van der Waals surface area contributed by atoms with Crippen LogP contribution in [-0.2, 0) is 9.16 Å². The van der Waals surface area contributed by atoms with E-state index in [2.05, 4.69) is 40.4 Å². The third-order valence-corrected chi connectivity index (χ3v) is 2.41. The summed E-state index contributed by atoms with van der Waals surface area (Å²) >= 11 is 0. The molecule has 0 aromatic rings. The van der Waals surface area contributed by atoms with Gasteiger partial charge in [-0.2, -0.15) is 0 Å². The third-order valence-electron chi connectivity index (χ3n) is 1.49.